The molecule has 1 saturated heterocycles. The van der Waals surface area contributed by atoms with Crippen molar-refractivity contribution in [2.45, 2.75) is 32.4 Å². The number of nitrogens with two attached hydrogens (primary N) is 1. The number of carbonyl (C=O) groups excluding carboxylic acids is 1. The second-order valence-electron chi connectivity index (χ2n) is 6.47. The van der Waals surface area contributed by atoms with Gasteiger partial charge < -0.3 is 20.6 Å². The van der Waals surface area contributed by atoms with Crippen LogP contribution in [0, 0.1) is 5.92 Å². The lowest BCUT2D eigenvalue weighted by molar-refractivity contribution is -0.149. The molecule has 0 radical (unpaired) electrons. The number of nitrogens with zero attached hydrogens (tertiary/aromatic N) is 2. The lowest BCUT2D eigenvalue weighted by Gasteiger charge is -2.31. The van der Waals surface area contributed by atoms with Crippen LogP contribution in [0.3, 0.4) is 0 Å². The highest BCUT2D eigenvalue weighted by Gasteiger charge is 2.34. The van der Waals surface area contributed by atoms with Gasteiger partial charge in [0.15, 0.2) is 5.84 Å². The Morgan fingerprint density at radius 2 is 2.04 bits per heavy atom. The van der Waals surface area contributed by atoms with E-state index in [9.17, 15) is 18.0 Å². The van der Waals surface area contributed by atoms with Gasteiger partial charge in [-0.25, -0.2) is 0 Å². The number of amidine groups is 1. The predicted octanol–water partition coefficient (Wildman–Crippen LogP) is 2.62. The number of rotatable bonds is 6. The maximum Gasteiger partial charge on any atom is 0.416 e. The number of esters is 1. The molecular weight excluding hydrogens is 363 g/mol. The van der Waals surface area contributed by atoms with Crippen molar-refractivity contribution >= 4 is 11.8 Å². The monoisotopic (exact) mass is 387 g/mol. The van der Waals surface area contributed by atoms with E-state index < -0.39 is 11.7 Å². The molecule has 1 aromatic rings. The number of hydrogen-bond acceptors (Lipinski definition) is 5. The molecule has 1 aromatic carbocycles. The molecule has 0 bridgehead atoms. The Bertz CT molecular complexity index is 684. The van der Waals surface area contributed by atoms with E-state index in [1.54, 1.807) is 6.92 Å². The number of halogens is 3. The fourth-order valence-electron chi connectivity index (χ4n) is 3.21. The summed E-state index contributed by atoms with van der Waals surface area (Å²) < 4.78 is 45.1. The first kappa shape index (κ1) is 21.0. The summed E-state index contributed by atoms with van der Waals surface area (Å²) in [6.07, 6.45) is -3.02. The van der Waals surface area contributed by atoms with Crippen LogP contribution < -0.4 is 5.73 Å². The normalized spacial score (nSPS) is 17.1. The third-order valence-corrected chi connectivity index (χ3v) is 4.72. The molecule has 6 nitrogen and oxygen atoms in total. The number of piperidine rings is 1. The Hall–Kier alpha value is -2.29. The van der Waals surface area contributed by atoms with E-state index >= 15 is 0 Å². The quantitative estimate of drug-likeness (QED) is 0.258. The van der Waals surface area contributed by atoms with Gasteiger partial charge >= 0.3 is 12.1 Å². The molecule has 0 unspecified atom stereocenters. The van der Waals surface area contributed by atoms with Gasteiger partial charge in [-0.2, -0.15) is 13.2 Å². The average Bonchev–Trinajstić information content (AvgIpc) is 2.65. The molecule has 27 heavy (non-hydrogen) atoms. The second kappa shape index (κ2) is 9.07. The molecule has 3 N–H and O–H groups in total. The highest BCUT2D eigenvalue weighted by molar-refractivity contribution is 5.97. The van der Waals surface area contributed by atoms with E-state index in [0.29, 0.717) is 39.1 Å². The largest absolute Gasteiger partial charge is 0.466 e. The molecule has 9 heteroatoms. The molecule has 0 spiro atoms. The topological polar surface area (TPSA) is 88.2 Å². The van der Waals surface area contributed by atoms with E-state index in [1.165, 1.54) is 12.1 Å². The Kier molecular flexibility index (Phi) is 7.06. The molecule has 0 saturated carbocycles. The van der Waals surface area contributed by atoms with E-state index in [0.717, 1.165) is 6.07 Å². The maximum absolute atomic E-state index is 13.4. The summed E-state index contributed by atoms with van der Waals surface area (Å²) in [6.45, 7) is 3.86. The van der Waals surface area contributed by atoms with Crippen molar-refractivity contribution in [2.75, 3.05) is 26.2 Å². The van der Waals surface area contributed by atoms with Gasteiger partial charge in [-0.15, -0.1) is 0 Å². The minimum atomic E-state index is -4.53. The molecule has 1 fully saturated rings. The molecule has 0 amide bonds. The van der Waals surface area contributed by atoms with Gasteiger partial charge in [0.2, 0.25) is 0 Å². The lowest BCUT2D eigenvalue weighted by atomic mass is 9.96. The molecular formula is C18H24F3N3O3. The molecule has 0 atom stereocenters. The summed E-state index contributed by atoms with van der Waals surface area (Å²) >= 11 is 0. The molecule has 0 aliphatic carbocycles. The smallest absolute Gasteiger partial charge is 0.416 e. The van der Waals surface area contributed by atoms with Gasteiger partial charge in [0.25, 0.3) is 0 Å². The number of ether oxygens (including phenoxy) is 1. The fourth-order valence-corrected chi connectivity index (χ4v) is 3.21. The van der Waals surface area contributed by atoms with Crippen molar-refractivity contribution in [3.8, 4) is 0 Å². The van der Waals surface area contributed by atoms with Crippen LogP contribution in [-0.2, 0) is 22.1 Å². The summed E-state index contributed by atoms with van der Waals surface area (Å²) in [5.41, 5.74) is 4.78. The lowest BCUT2D eigenvalue weighted by Crippen LogP contribution is -2.38. The van der Waals surface area contributed by atoms with Crippen molar-refractivity contribution in [1.82, 2.24) is 4.90 Å². The zero-order valence-corrected chi connectivity index (χ0v) is 15.1. The Balaban J connectivity index is 2.01. The van der Waals surface area contributed by atoms with Gasteiger partial charge in [-0.3, -0.25) is 4.79 Å². The van der Waals surface area contributed by atoms with E-state index in [-0.39, 0.29) is 35.3 Å². The number of benzene rings is 1. The van der Waals surface area contributed by atoms with Gasteiger partial charge in [0.1, 0.15) is 0 Å². The molecule has 1 aliphatic rings. The number of alkyl halides is 3. The first-order valence-corrected chi connectivity index (χ1v) is 8.83. The fraction of sp³-hybridized carbons (Fsp3) is 0.556. The van der Waals surface area contributed by atoms with E-state index in [1.807, 2.05) is 4.90 Å². The molecule has 1 heterocycles. The van der Waals surface area contributed by atoms with Gasteiger partial charge in [-0.05, 0) is 50.9 Å². The summed E-state index contributed by atoms with van der Waals surface area (Å²) in [4.78, 5) is 13.8. The van der Waals surface area contributed by atoms with E-state index in [4.69, 9.17) is 15.7 Å². The number of likely N-dealkylation sites (tertiary alicyclic amines) is 1. The minimum Gasteiger partial charge on any atom is -0.466 e. The third-order valence-electron chi connectivity index (χ3n) is 4.72. The van der Waals surface area contributed by atoms with Gasteiger partial charge in [0.05, 0.1) is 18.1 Å². The van der Waals surface area contributed by atoms with Gasteiger partial charge in [0, 0.05) is 12.1 Å². The highest BCUT2D eigenvalue weighted by Crippen LogP contribution is 2.33. The average molecular weight is 387 g/mol. The maximum atomic E-state index is 13.4. The van der Waals surface area contributed by atoms with Gasteiger partial charge in [-0.1, -0.05) is 17.3 Å². The molecule has 150 valence electrons. The minimum absolute atomic E-state index is 0.0174. The number of hydrogen-bond donors (Lipinski definition) is 2. The third kappa shape index (κ3) is 5.59. The van der Waals surface area contributed by atoms with Crippen LogP contribution in [0.1, 0.15) is 36.5 Å². The van der Waals surface area contributed by atoms with E-state index in [2.05, 4.69) is 5.16 Å². The van der Waals surface area contributed by atoms with Crippen molar-refractivity contribution < 1.29 is 27.9 Å². The predicted molar refractivity (Wildman–Crippen MR) is 93.5 cm³/mol. The van der Waals surface area contributed by atoms with Crippen LogP contribution in [0.4, 0.5) is 13.2 Å². The Morgan fingerprint density at radius 1 is 1.37 bits per heavy atom. The van der Waals surface area contributed by atoms with Crippen LogP contribution in [-0.4, -0.2) is 48.2 Å². The summed E-state index contributed by atoms with van der Waals surface area (Å²) in [5, 5.41) is 11.4. The van der Waals surface area contributed by atoms with Crippen LogP contribution in [0.25, 0.3) is 0 Å². The van der Waals surface area contributed by atoms with Crippen molar-refractivity contribution in [3.63, 3.8) is 0 Å². The van der Waals surface area contributed by atoms with Crippen LogP contribution in [0.2, 0.25) is 0 Å². The van der Waals surface area contributed by atoms with Crippen molar-refractivity contribution in [2.24, 2.45) is 16.8 Å². The van der Waals surface area contributed by atoms with Crippen LogP contribution in [0.5, 0.6) is 0 Å². The standard InChI is InChI=1S/C18H24F3N3O3/c1-2-27-17(25)13-6-9-24(10-7-13)8-5-12-3-4-14(16(22)23-26)11-15(12)18(19,20)21/h3-4,11,13,26H,2,5-10H2,1H3,(H2,22,23). The molecule has 1 aliphatic heterocycles. The SMILES string of the molecule is CCOC(=O)C1CCN(CCc2ccc(/C(N)=N/O)cc2C(F)(F)F)CC1. The summed E-state index contributed by atoms with van der Waals surface area (Å²) in [5.74, 6) is -0.699. The van der Waals surface area contributed by atoms with Crippen molar-refractivity contribution in [3.05, 3.63) is 34.9 Å². The summed E-state index contributed by atoms with van der Waals surface area (Å²) in [6, 6.07) is 3.67. The summed E-state index contributed by atoms with van der Waals surface area (Å²) in [7, 11) is 0. The zero-order chi connectivity index (χ0) is 20.0. The highest BCUT2D eigenvalue weighted by atomic mass is 19.4. The van der Waals surface area contributed by atoms with Crippen molar-refractivity contribution in [1.29, 1.82) is 0 Å². The first-order valence-electron chi connectivity index (χ1n) is 8.83. The zero-order valence-electron chi connectivity index (χ0n) is 15.1. The first-order chi connectivity index (χ1) is 12.8. The second-order valence-corrected chi connectivity index (χ2v) is 6.47. The van der Waals surface area contributed by atoms with Crippen LogP contribution in [0.15, 0.2) is 23.4 Å². The molecule has 0 aromatic heterocycles. The molecule has 2 rings (SSSR count). The number of oxime groups is 1. The Labute approximate surface area is 155 Å². The number of carbonyl (C=O) groups is 1. The Morgan fingerprint density at radius 3 is 2.59 bits per heavy atom. The van der Waals surface area contributed by atoms with Crippen LogP contribution >= 0.6 is 0 Å².